The number of hydrogen-bond donors (Lipinski definition) is 1. The quantitative estimate of drug-likeness (QED) is 0.787. The minimum absolute atomic E-state index is 0.110. The molecule has 0 fully saturated rings. The van der Waals surface area contributed by atoms with Crippen LogP contribution in [0.4, 0.5) is 5.95 Å². The minimum atomic E-state index is 0.110. The summed E-state index contributed by atoms with van der Waals surface area (Å²) in [5, 5.41) is 7.24. The van der Waals surface area contributed by atoms with Gasteiger partial charge in [0.05, 0.1) is 0 Å². The molecule has 0 spiro atoms. The van der Waals surface area contributed by atoms with Crippen LogP contribution < -0.4 is 5.32 Å². The summed E-state index contributed by atoms with van der Waals surface area (Å²) in [7, 11) is 0. The van der Waals surface area contributed by atoms with Gasteiger partial charge in [-0.25, -0.2) is 4.68 Å². The Morgan fingerprint density at radius 3 is 2.85 bits per heavy atom. The summed E-state index contributed by atoms with van der Waals surface area (Å²) in [6.45, 7) is 0.548. The van der Waals surface area contributed by atoms with Gasteiger partial charge in [-0.1, -0.05) is 6.07 Å². The standard InChI is InChI=1S/C12H10ClN7/c13-10-17-11(15-8-9-3-1-4-14-7-9)19-12(18-10)20-6-2-5-16-20/h1-7H,8H2,(H,15,17,18,19). The van der Waals surface area contributed by atoms with E-state index in [1.807, 2.05) is 12.1 Å². The molecule has 0 amide bonds. The number of nitrogens with zero attached hydrogens (tertiary/aromatic N) is 6. The maximum atomic E-state index is 5.89. The van der Waals surface area contributed by atoms with Gasteiger partial charge >= 0.3 is 0 Å². The Morgan fingerprint density at radius 2 is 2.10 bits per heavy atom. The maximum absolute atomic E-state index is 5.89. The Balaban J connectivity index is 1.80. The first-order valence-corrected chi connectivity index (χ1v) is 6.23. The van der Waals surface area contributed by atoms with Crippen molar-refractivity contribution in [2.45, 2.75) is 6.54 Å². The van der Waals surface area contributed by atoms with Crippen LogP contribution >= 0.6 is 11.6 Å². The normalized spacial score (nSPS) is 10.4. The number of aromatic nitrogens is 6. The molecule has 0 aliphatic rings. The molecule has 7 nitrogen and oxygen atoms in total. The lowest BCUT2D eigenvalue weighted by atomic mass is 10.3. The van der Waals surface area contributed by atoms with Crippen molar-refractivity contribution in [3.63, 3.8) is 0 Å². The molecule has 100 valence electrons. The summed E-state index contributed by atoms with van der Waals surface area (Å²) in [5.74, 6) is 0.753. The first-order valence-electron chi connectivity index (χ1n) is 5.85. The third kappa shape index (κ3) is 2.89. The highest BCUT2D eigenvalue weighted by Crippen LogP contribution is 2.10. The van der Waals surface area contributed by atoms with E-state index in [4.69, 9.17) is 11.6 Å². The fraction of sp³-hybridized carbons (Fsp3) is 0.0833. The van der Waals surface area contributed by atoms with Gasteiger partial charge < -0.3 is 5.32 Å². The van der Waals surface area contributed by atoms with Gasteiger partial charge in [0.1, 0.15) is 0 Å². The van der Waals surface area contributed by atoms with Crippen LogP contribution in [0.2, 0.25) is 5.28 Å². The molecule has 3 aromatic heterocycles. The molecule has 0 atom stereocenters. The van der Waals surface area contributed by atoms with Gasteiger partial charge in [0.15, 0.2) is 0 Å². The third-order valence-electron chi connectivity index (χ3n) is 2.48. The molecule has 0 saturated carbocycles. The van der Waals surface area contributed by atoms with E-state index in [9.17, 15) is 0 Å². The van der Waals surface area contributed by atoms with Crippen LogP contribution in [0.5, 0.6) is 0 Å². The maximum Gasteiger partial charge on any atom is 0.256 e. The number of anilines is 1. The van der Waals surface area contributed by atoms with E-state index in [-0.39, 0.29) is 5.28 Å². The highest BCUT2D eigenvalue weighted by Gasteiger charge is 2.06. The van der Waals surface area contributed by atoms with Gasteiger partial charge in [0, 0.05) is 31.3 Å². The number of rotatable bonds is 4. The van der Waals surface area contributed by atoms with Crippen LogP contribution in [0.3, 0.4) is 0 Å². The van der Waals surface area contributed by atoms with Crippen molar-refractivity contribution < 1.29 is 0 Å². The van der Waals surface area contributed by atoms with Crippen molar-refractivity contribution in [1.82, 2.24) is 29.7 Å². The molecule has 0 aliphatic heterocycles. The molecule has 3 heterocycles. The summed E-state index contributed by atoms with van der Waals surface area (Å²) in [4.78, 5) is 16.3. The van der Waals surface area contributed by atoms with Gasteiger partial charge in [0.25, 0.3) is 5.95 Å². The van der Waals surface area contributed by atoms with Crippen molar-refractivity contribution in [2.75, 3.05) is 5.32 Å². The van der Waals surface area contributed by atoms with E-state index in [1.165, 1.54) is 4.68 Å². The minimum Gasteiger partial charge on any atom is -0.350 e. The van der Waals surface area contributed by atoms with Crippen molar-refractivity contribution in [3.05, 3.63) is 53.8 Å². The monoisotopic (exact) mass is 287 g/mol. The first kappa shape index (κ1) is 12.5. The molecule has 0 saturated heterocycles. The Bertz CT molecular complexity index is 684. The molecule has 0 radical (unpaired) electrons. The van der Waals surface area contributed by atoms with E-state index in [0.717, 1.165) is 5.56 Å². The molecular weight excluding hydrogens is 278 g/mol. The van der Waals surface area contributed by atoms with Crippen LogP contribution in [-0.2, 0) is 6.54 Å². The summed E-state index contributed by atoms with van der Waals surface area (Å²) in [5.41, 5.74) is 1.02. The molecule has 20 heavy (non-hydrogen) atoms. The van der Waals surface area contributed by atoms with Gasteiger partial charge in [-0.3, -0.25) is 4.98 Å². The second-order valence-corrected chi connectivity index (χ2v) is 4.23. The number of hydrogen-bond acceptors (Lipinski definition) is 6. The number of nitrogens with one attached hydrogen (secondary N) is 1. The van der Waals surface area contributed by atoms with Crippen molar-refractivity contribution in [3.8, 4) is 5.95 Å². The Kier molecular flexibility index (Phi) is 3.51. The fourth-order valence-electron chi connectivity index (χ4n) is 1.59. The highest BCUT2D eigenvalue weighted by atomic mass is 35.5. The van der Waals surface area contributed by atoms with Crippen LogP contribution in [0.15, 0.2) is 43.0 Å². The lowest BCUT2D eigenvalue weighted by Gasteiger charge is -2.06. The van der Waals surface area contributed by atoms with Crippen LogP contribution in [0, 0.1) is 0 Å². The Morgan fingerprint density at radius 1 is 1.15 bits per heavy atom. The predicted octanol–water partition coefficient (Wildman–Crippen LogP) is 1.72. The van der Waals surface area contributed by atoms with Crippen LogP contribution in [0.1, 0.15) is 5.56 Å². The summed E-state index contributed by atoms with van der Waals surface area (Å²) >= 11 is 5.89. The van der Waals surface area contributed by atoms with Crippen LogP contribution in [0.25, 0.3) is 5.95 Å². The largest absolute Gasteiger partial charge is 0.350 e. The van der Waals surface area contributed by atoms with Gasteiger partial charge in [-0.2, -0.15) is 20.1 Å². The van der Waals surface area contributed by atoms with Crippen molar-refractivity contribution in [2.24, 2.45) is 0 Å². The van der Waals surface area contributed by atoms with Crippen molar-refractivity contribution in [1.29, 1.82) is 0 Å². The molecule has 8 heteroatoms. The van der Waals surface area contributed by atoms with E-state index >= 15 is 0 Å². The summed E-state index contributed by atoms with van der Waals surface area (Å²) in [6.07, 6.45) is 6.86. The molecular formula is C12H10ClN7. The second kappa shape index (κ2) is 5.62. The summed E-state index contributed by atoms with van der Waals surface area (Å²) in [6, 6.07) is 5.60. The first-order chi connectivity index (χ1) is 9.81. The molecule has 1 N–H and O–H groups in total. The van der Waals surface area contributed by atoms with Gasteiger partial charge in [-0.15, -0.1) is 0 Å². The van der Waals surface area contributed by atoms with E-state index < -0.39 is 0 Å². The van der Waals surface area contributed by atoms with Gasteiger partial charge in [-0.05, 0) is 29.3 Å². The topological polar surface area (TPSA) is 81.4 Å². The average Bonchev–Trinajstić information content (AvgIpc) is 3.00. The zero-order valence-electron chi connectivity index (χ0n) is 10.3. The van der Waals surface area contributed by atoms with Crippen molar-refractivity contribution >= 4 is 17.5 Å². The van der Waals surface area contributed by atoms with E-state index in [0.29, 0.717) is 18.4 Å². The fourth-order valence-corrected chi connectivity index (χ4v) is 1.75. The predicted molar refractivity (Wildman–Crippen MR) is 73.5 cm³/mol. The molecule has 0 aromatic carbocycles. The number of halogens is 1. The SMILES string of the molecule is Clc1nc(NCc2cccnc2)nc(-n2cccn2)n1. The highest BCUT2D eigenvalue weighted by molar-refractivity contribution is 6.28. The molecule has 3 rings (SSSR count). The second-order valence-electron chi connectivity index (χ2n) is 3.89. The van der Waals surface area contributed by atoms with Crippen LogP contribution in [-0.4, -0.2) is 29.7 Å². The molecule has 3 aromatic rings. The number of pyridine rings is 1. The molecule has 0 aliphatic carbocycles. The zero-order chi connectivity index (χ0) is 13.8. The van der Waals surface area contributed by atoms with Gasteiger partial charge in [0.2, 0.25) is 11.2 Å². The smallest absolute Gasteiger partial charge is 0.256 e. The lowest BCUT2D eigenvalue weighted by molar-refractivity contribution is 0.794. The third-order valence-corrected chi connectivity index (χ3v) is 2.65. The Hall–Kier alpha value is -2.54. The molecule has 0 unspecified atom stereocenters. The van der Waals surface area contributed by atoms with E-state index in [2.05, 4.69) is 30.4 Å². The Labute approximate surface area is 119 Å². The summed E-state index contributed by atoms with van der Waals surface area (Å²) < 4.78 is 1.52. The molecule has 0 bridgehead atoms. The lowest BCUT2D eigenvalue weighted by Crippen LogP contribution is -2.09. The average molecular weight is 288 g/mol. The zero-order valence-corrected chi connectivity index (χ0v) is 11.1. The van der Waals surface area contributed by atoms with E-state index in [1.54, 1.807) is 30.9 Å².